The van der Waals surface area contributed by atoms with Gasteiger partial charge in [0.25, 0.3) is 0 Å². The molecular weight excluding hydrogens is 228 g/mol. The number of hydrogen-bond donors (Lipinski definition) is 2. The molecule has 1 aliphatic heterocycles. The fraction of sp³-hybridized carbons (Fsp3) is 0.571. The summed E-state index contributed by atoms with van der Waals surface area (Å²) in [5, 5.41) is 19.4. The molecule has 0 amide bonds. The first-order valence-corrected chi connectivity index (χ1v) is 6.45. The second-order valence-corrected chi connectivity index (χ2v) is 5.22. The third kappa shape index (κ3) is 2.60. The van der Waals surface area contributed by atoms with Gasteiger partial charge < -0.3 is 20.0 Å². The van der Waals surface area contributed by atoms with E-state index in [0.717, 1.165) is 25.3 Å². The van der Waals surface area contributed by atoms with E-state index in [2.05, 4.69) is 23.8 Å². The van der Waals surface area contributed by atoms with Gasteiger partial charge in [0, 0.05) is 43.0 Å². The van der Waals surface area contributed by atoms with Gasteiger partial charge in [0.2, 0.25) is 0 Å². The molecule has 2 atom stereocenters. The van der Waals surface area contributed by atoms with E-state index in [9.17, 15) is 10.2 Å². The Morgan fingerprint density at radius 1 is 1.33 bits per heavy atom. The van der Waals surface area contributed by atoms with Crippen LogP contribution >= 0.6 is 0 Å². The summed E-state index contributed by atoms with van der Waals surface area (Å²) in [5.41, 5.74) is 1.61. The number of hydrogen-bond acceptors (Lipinski definition) is 4. The normalized spacial score (nSPS) is 23.1. The Kier molecular flexibility index (Phi) is 3.78. The lowest BCUT2D eigenvalue weighted by Gasteiger charge is -2.40. The molecule has 0 spiro atoms. The van der Waals surface area contributed by atoms with Crippen LogP contribution in [-0.2, 0) is 0 Å². The van der Waals surface area contributed by atoms with Gasteiger partial charge in [0.15, 0.2) is 0 Å². The third-order valence-electron chi connectivity index (χ3n) is 3.63. The van der Waals surface area contributed by atoms with Crippen LogP contribution in [0.4, 0.5) is 5.69 Å². The molecule has 1 fully saturated rings. The molecule has 0 bridgehead atoms. The first kappa shape index (κ1) is 13.2. The van der Waals surface area contributed by atoms with Crippen molar-refractivity contribution in [3.05, 3.63) is 23.8 Å². The van der Waals surface area contributed by atoms with E-state index in [1.807, 2.05) is 6.07 Å². The van der Waals surface area contributed by atoms with Crippen molar-refractivity contribution >= 4 is 5.69 Å². The van der Waals surface area contributed by atoms with Crippen LogP contribution in [0, 0.1) is 0 Å². The van der Waals surface area contributed by atoms with Crippen LogP contribution in [0.5, 0.6) is 5.75 Å². The monoisotopic (exact) mass is 250 g/mol. The minimum absolute atomic E-state index is 0.175. The second-order valence-electron chi connectivity index (χ2n) is 5.22. The lowest BCUT2D eigenvalue weighted by atomic mass is 10.1. The summed E-state index contributed by atoms with van der Waals surface area (Å²) in [6, 6.07) is 5.97. The van der Waals surface area contributed by atoms with Crippen LogP contribution in [0.1, 0.15) is 25.5 Å². The highest BCUT2D eigenvalue weighted by atomic mass is 16.3. The molecule has 1 saturated heterocycles. The Morgan fingerprint density at radius 3 is 2.61 bits per heavy atom. The first-order valence-electron chi connectivity index (χ1n) is 6.45. The fourth-order valence-electron chi connectivity index (χ4n) is 2.59. The Hall–Kier alpha value is -1.26. The van der Waals surface area contributed by atoms with Gasteiger partial charge in [0.1, 0.15) is 5.75 Å². The molecule has 2 unspecified atom stereocenters. The highest BCUT2D eigenvalue weighted by molar-refractivity contribution is 5.54. The molecule has 1 aromatic rings. The summed E-state index contributed by atoms with van der Waals surface area (Å²) in [6.07, 6.45) is -0.635. The van der Waals surface area contributed by atoms with Crippen molar-refractivity contribution in [3.8, 4) is 5.75 Å². The standard InChI is InChI=1S/C14H22N2O2/c1-10-9-15(3)6-7-16(10)12-4-5-13(11(2)17)14(18)8-12/h4-5,8,10-11,17-18H,6-7,9H2,1-3H3. The van der Waals surface area contributed by atoms with Crippen LogP contribution < -0.4 is 4.90 Å². The molecule has 4 nitrogen and oxygen atoms in total. The minimum Gasteiger partial charge on any atom is -0.507 e. The molecule has 0 radical (unpaired) electrons. The summed E-state index contributed by atoms with van der Waals surface area (Å²) in [6.45, 7) is 6.87. The van der Waals surface area contributed by atoms with Crippen molar-refractivity contribution in [2.45, 2.75) is 26.0 Å². The molecule has 0 aromatic heterocycles. The van der Waals surface area contributed by atoms with Gasteiger partial charge in [-0.05, 0) is 27.0 Å². The number of likely N-dealkylation sites (N-methyl/N-ethyl adjacent to an activating group) is 1. The van der Waals surface area contributed by atoms with Crippen molar-refractivity contribution in [2.24, 2.45) is 0 Å². The average molecular weight is 250 g/mol. The number of aliphatic hydroxyl groups is 1. The molecule has 0 aliphatic carbocycles. The molecule has 4 heteroatoms. The zero-order valence-corrected chi connectivity index (χ0v) is 11.3. The van der Waals surface area contributed by atoms with E-state index >= 15 is 0 Å². The number of nitrogens with zero attached hydrogens (tertiary/aromatic N) is 2. The van der Waals surface area contributed by atoms with E-state index < -0.39 is 6.10 Å². The number of aromatic hydroxyl groups is 1. The van der Waals surface area contributed by atoms with Crippen molar-refractivity contribution < 1.29 is 10.2 Å². The largest absolute Gasteiger partial charge is 0.507 e. The van der Waals surface area contributed by atoms with Gasteiger partial charge >= 0.3 is 0 Å². The van der Waals surface area contributed by atoms with Crippen molar-refractivity contribution in [1.82, 2.24) is 4.90 Å². The maximum Gasteiger partial charge on any atom is 0.123 e. The van der Waals surface area contributed by atoms with E-state index in [1.54, 1.807) is 19.1 Å². The zero-order valence-electron chi connectivity index (χ0n) is 11.3. The predicted octanol–water partition coefficient (Wildman–Crippen LogP) is 1.59. The Bertz CT molecular complexity index is 420. The second kappa shape index (κ2) is 5.16. The van der Waals surface area contributed by atoms with Gasteiger partial charge in [-0.3, -0.25) is 0 Å². The van der Waals surface area contributed by atoms with Gasteiger partial charge in [-0.2, -0.15) is 0 Å². The summed E-state index contributed by atoms with van der Waals surface area (Å²) in [4.78, 5) is 4.61. The zero-order chi connectivity index (χ0) is 13.3. The van der Waals surface area contributed by atoms with E-state index in [1.165, 1.54) is 0 Å². The molecule has 1 aromatic carbocycles. The number of phenols is 1. The minimum atomic E-state index is -0.635. The Balaban J connectivity index is 2.21. The average Bonchev–Trinajstić information content (AvgIpc) is 2.28. The quantitative estimate of drug-likeness (QED) is 0.836. The van der Waals surface area contributed by atoms with Gasteiger partial charge in [-0.1, -0.05) is 6.07 Å². The number of aliphatic hydroxyl groups excluding tert-OH is 1. The van der Waals surface area contributed by atoms with Gasteiger partial charge in [-0.15, -0.1) is 0 Å². The predicted molar refractivity (Wildman–Crippen MR) is 73.0 cm³/mol. The summed E-state index contributed by atoms with van der Waals surface area (Å²) < 4.78 is 0. The molecule has 0 saturated carbocycles. The van der Waals surface area contributed by atoms with Crippen molar-refractivity contribution in [3.63, 3.8) is 0 Å². The number of benzene rings is 1. The summed E-state index contributed by atoms with van der Waals surface area (Å²) in [7, 11) is 2.13. The van der Waals surface area contributed by atoms with Crippen LogP contribution in [0.2, 0.25) is 0 Å². The van der Waals surface area contributed by atoms with Crippen molar-refractivity contribution in [2.75, 3.05) is 31.6 Å². The highest BCUT2D eigenvalue weighted by Gasteiger charge is 2.22. The third-order valence-corrected chi connectivity index (χ3v) is 3.63. The molecule has 2 N–H and O–H groups in total. The maximum atomic E-state index is 9.93. The summed E-state index contributed by atoms with van der Waals surface area (Å²) in [5.74, 6) is 0.175. The fourth-order valence-corrected chi connectivity index (χ4v) is 2.59. The molecule has 100 valence electrons. The highest BCUT2D eigenvalue weighted by Crippen LogP contribution is 2.30. The van der Waals surface area contributed by atoms with E-state index in [0.29, 0.717) is 11.6 Å². The van der Waals surface area contributed by atoms with E-state index in [-0.39, 0.29) is 5.75 Å². The smallest absolute Gasteiger partial charge is 0.123 e. The number of piperazine rings is 1. The lowest BCUT2D eigenvalue weighted by Crippen LogP contribution is -2.50. The van der Waals surface area contributed by atoms with E-state index in [4.69, 9.17) is 0 Å². The molecule has 1 heterocycles. The lowest BCUT2D eigenvalue weighted by molar-refractivity contribution is 0.195. The Morgan fingerprint density at radius 2 is 2.06 bits per heavy atom. The number of phenolic OH excluding ortho intramolecular Hbond substituents is 1. The summed E-state index contributed by atoms with van der Waals surface area (Å²) >= 11 is 0. The topological polar surface area (TPSA) is 46.9 Å². The molecular formula is C14H22N2O2. The number of rotatable bonds is 2. The number of anilines is 1. The molecule has 18 heavy (non-hydrogen) atoms. The van der Waals surface area contributed by atoms with Crippen LogP contribution in [0.3, 0.4) is 0 Å². The Labute approximate surface area is 108 Å². The van der Waals surface area contributed by atoms with Crippen molar-refractivity contribution in [1.29, 1.82) is 0 Å². The SMILES string of the molecule is CC(O)c1ccc(N2CCN(C)CC2C)cc1O. The van der Waals surface area contributed by atoms with Crippen LogP contribution in [-0.4, -0.2) is 47.8 Å². The molecule has 1 aliphatic rings. The van der Waals surface area contributed by atoms with Gasteiger partial charge in [0.05, 0.1) is 6.10 Å². The maximum absolute atomic E-state index is 9.93. The van der Waals surface area contributed by atoms with Crippen LogP contribution in [0.15, 0.2) is 18.2 Å². The van der Waals surface area contributed by atoms with Gasteiger partial charge in [-0.25, -0.2) is 0 Å². The van der Waals surface area contributed by atoms with Crippen LogP contribution in [0.25, 0.3) is 0 Å². The first-order chi connectivity index (χ1) is 8.49. The molecule has 2 rings (SSSR count).